The van der Waals surface area contributed by atoms with Gasteiger partial charge in [0.05, 0.1) is 14.2 Å². The van der Waals surface area contributed by atoms with Crippen molar-refractivity contribution in [2.45, 2.75) is 25.3 Å². The first-order valence-corrected chi connectivity index (χ1v) is 11.1. The molecule has 1 unspecified atom stereocenters. The van der Waals surface area contributed by atoms with E-state index in [1.807, 2.05) is 52.7 Å². The van der Waals surface area contributed by atoms with Gasteiger partial charge in [0.25, 0.3) is 5.91 Å². The van der Waals surface area contributed by atoms with Gasteiger partial charge < -0.3 is 14.4 Å². The molecule has 1 amide bonds. The maximum atomic E-state index is 13.2. The zero-order valence-electron chi connectivity index (χ0n) is 16.9. The first kappa shape index (κ1) is 20.7. The summed E-state index contributed by atoms with van der Waals surface area (Å²) in [5.41, 5.74) is 2.45. The number of carbonyl (C=O) groups excluding carboxylic acids is 1. The van der Waals surface area contributed by atoms with E-state index in [-0.39, 0.29) is 11.9 Å². The summed E-state index contributed by atoms with van der Waals surface area (Å²) in [5.74, 6) is 1.28. The van der Waals surface area contributed by atoms with Crippen molar-refractivity contribution < 1.29 is 14.3 Å². The quantitative estimate of drug-likeness (QED) is 0.517. The van der Waals surface area contributed by atoms with E-state index < -0.39 is 0 Å². The monoisotopic (exact) mass is 442 g/mol. The lowest BCUT2D eigenvalue weighted by molar-refractivity contribution is 0.0731. The van der Waals surface area contributed by atoms with Gasteiger partial charge in [0.2, 0.25) is 0 Å². The largest absolute Gasteiger partial charge is 0.493 e. The number of nitrogens with zero attached hydrogens (tertiary/aromatic N) is 2. The summed E-state index contributed by atoms with van der Waals surface area (Å²) < 4.78 is 10.7. The van der Waals surface area contributed by atoms with Crippen LogP contribution >= 0.6 is 22.9 Å². The predicted molar refractivity (Wildman–Crippen MR) is 120 cm³/mol. The normalized spacial score (nSPS) is 16.0. The number of thiazole rings is 1. The standard InChI is InChI=1S/C23H23ClN2O3S/c1-28-20-10-9-16(13-21(20)29-2)22-25-19(14-30-22)23(27)26-11-5-7-17(26)12-15-6-3-4-8-18(15)24/h3-4,6,8-10,13-14,17H,5,7,11-12H2,1-2H3. The highest BCUT2D eigenvalue weighted by atomic mass is 35.5. The fraction of sp³-hybridized carbons (Fsp3) is 0.304. The lowest BCUT2D eigenvalue weighted by Gasteiger charge is -2.24. The third-order valence-electron chi connectivity index (χ3n) is 5.41. The molecule has 5 nitrogen and oxygen atoms in total. The molecule has 1 aliphatic rings. The van der Waals surface area contributed by atoms with Crippen molar-refractivity contribution in [3.05, 3.63) is 64.1 Å². The molecule has 0 saturated carbocycles. The van der Waals surface area contributed by atoms with Crippen molar-refractivity contribution in [1.82, 2.24) is 9.88 Å². The molecule has 4 rings (SSSR count). The predicted octanol–water partition coefficient (Wildman–Crippen LogP) is 5.33. The molecule has 156 valence electrons. The molecule has 2 heterocycles. The van der Waals surface area contributed by atoms with Crippen LogP contribution in [0.25, 0.3) is 10.6 Å². The van der Waals surface area contributed by atoms with E-state index in [4.69, 9.17) is 21.1 Å². The lowest BCUT2D eigenvalue weighted by Crippen LogP contribution is -2.37. The van der Waals surface area contributed by atoms with Gasteiger partial charge in [-0.05, 0) is 49.1 Å². The highest BCUT2D eigenvalue weighted by molar-refractivity contribution is 7.13. The van der Waals surface area contributed by atoms with Gasteiger partial charge in [-0.25, -0.2) is 4.98 Å². The molecule has 0 aliphatic carbocycles. The van der Waals surface area contributed by atoms with Gasteiger partial charge in [-0.15, -0.1) is 11.3 Å². The van der Waals surface area contributed by atoms with E-state index >= 15 is 0 Å². The molecule has 7 heteroatoms. The Labute approximate surface area is 185 Å². The van der Waals surface area contributed by atoms with E-state index in [2.05, 4.69) is 4.98 Å². The van der Waals surface area contributed by atoms with Crippen molar-refractivity contribution in [3.63, 3.8) is 0 Å². The second-order valence-corrected chi connectivity index (χ2v) is 8.46. The van der Waals surface area contributed by atoms with Crippen LogP contribution in [0.2, 0.25) is 5.02 Å². The molecule has 0 spiro atoms. The van der Waals surface area contributed by atoms with Crippen molar-refractivity contribution in [1.29, 1.82) is 0 Å². The second-order valence-electron chi connectivity index (χ2n) is 7.20. The number of amides is 1. The van der Waals surface area contributed by atoms with Crippen LogP contribution in [0.3, 0.4) is 0 Å². The Kier molecular flexibility index (Phi) is 6.25. The van der Waals surface area contributed by atoms with Gasteiger partial charge in [0.1, 0.15) is 10.7 Å². The van der Waals surface area contributed by atoms with Crippen molar-refractivity contribution in [2.75, 3.05) is 20.8 Å². The summed E-state index contributed by atoms with van der Waals surface area (Å²) in [6.45, 7) is 0.747. The maximum Gasteiger partial charge on any atom is 0.273 e. The fourth-order valence-electron chi connectivity index (χ4n) is 3.85. The zero-order chi connectivity index (χ0) is 21.1. The van der Waals surface area contributed by atoms with Crippen molar-refractivity contribution in [2.24, 2.45) is 0 Å². The van der Waals surface area contributed by atoms with Crippen LogP contribution < -0.4 is 9.47 Å². The number of methoxy groups -OCH3 is 2. The van der Waals surface area contributed by atoms with Crippen LogP contribution in [0.4, 0.5) is 0 Å². The van der Waals surface area contributed by atoms with Crippen LogP contribution in [0, 0.1) is 0 Å². The number of hydrogen-bond donors (Lipinski definition) is 0. The number of hydrogen-bond acceptors (Lipinski definition) is 5. The molecule has 0 N–H and O–H groups in total. The zero-order valence-corrected chi connectivity index (χ0v) is 18.5. The van der Waals surface area contributed by atoms with Gasteiger partial charge in [0, 0.05) is 28.6 Å². The van der Waals surface area contributed by atoms with E-state index in [1.54, 1.807) is 14.2 Å². The Morgan fingerprint density at radius 3 is 2.77 bits per heavy atom. The fourth-order valence-corrected chi connectivity index (χ4v) is 4.86. The smallest absolute Gasteiger partial charge is 0.273 e. The van der Waals surface area contributed by atoms with E-state index in [9.17, 15) is 4.79 Å². The molecule has 1 aliphatic heterocycles. The summed E-state index contributed by atoms with van der Waals surface area (Å²) in [4.78, 5) is 19.8. The molecule has 30 heavy (non-hydrogen) atoms. The minimum Gasteiger partial charge on any atom is -0.493 e. The number of halogens is 1. The van der Waals surface area contributed by atoms with Gasteiger partial charge in [-0.3, -0.25) is 4.79 Å². The SMILES string of the molecule is COc1ccc(-c2nc(C(=O)N3CCCC3Cc3ccccc3Cl)cs2)cc1OC. The molecule has 0 radical (unpaired) electrons. The average Bonchev–Trinajstić information content (AvgIpc) is 3.44. The minimum absolute atomic E-state index is 0.0208. The second kappa shape index (κ2) is 9.06. The first-order chi connectivity index (χ1) is 14.6. The molecule has 3 aromatic rings. The average molecular weight is 443 g/mol. The third-order valence-corrected chi connectivity index (χ3v) is 6.67. The molecule has 1 atom stereocenters. The van der Waals surface area contributed by atoms with Crippen molar-refractivity contribution >= 4 is 28.8 Å². The first-order valence-electron chi connectivity index (χ1n) is 9.83. The summed E-state index contributed by atoms with van der Waals surface area (Å²) in [5, 5.41) is 3.36. The number of ether oxygens (including phenoxy) is 2. The topological polar surface area (TPSA) is 51.7 Å². The Balaban J connectivity index is 1.53. The molecular formula is C23H23ClN2O3S. The highest BCUT2D eigenvalue weighted by Crippen LogP contribution is 2.34. The molecule has 0 bridgehead atoms. The highest BCUT2D eigenvalue weighted by Gasteiger charge is 2.31. The molecule has 2 aromatic carbocycles. The molecule has 1 aromatic heterocycles. The maximum absolute atomic E-state index is 13.2. The Morgan fingerprint density at radius 1 is 1.20 bits per heavy atom. The van der Waals surface area contributed by atoms with Crippen LogP contribution in [-0.4, -0.2) is 42.6 Å². The van der Waals surface area contributed by atoms with Gasteiger partial charge in [0.15, 0.2) is 11.5 Å². The number of carbonyl (C=O) groups is 1. The summed E-state index contributed by atoms with van der Waals surface area (Å²) in [6, 6.07) is 13.6. The molecule has 1 saturated heterocycles. The van der Waals surface area contributed by atoms with Gasteiger partial charge >= 0.3 is 0 Å². The van der Waals surface area contributed by atoms with Crippen LogP contribution in [0.5, 0.6) is 11.5 Å². The molecular weight excluding hydrogens is 420 g/mol. The number of rotatable bonds is 6. The number of benzene rings is 2. The Morgan fingerprint density at radius 2 is 2.00 bits per heavy atom. The summed E-state index contributed by atoms with van der Waals surface area (Å²) in [6.07, 6.45) is 2.73. The molecule has 1 fully saturated rings. The van der Waals surface area contributed by atoms with E-state index in [0.717, 1.165) is 47.0 Å². The van der Waals surface area contributed by atoms with Gasteiger partial charge in [-0.1, -0.05) is 29.8 Å². The van der Waals surface area contributed by atoms with E-state index in [1.165, 1.54) is 11.3 Å². The van der Waals surface area contributed by atoms with Crippen molar-refractivity contribution in [3.8, 4) is 22.1 Å². The Bertz CT molecular complexity index is 1050. The third kappa shape index (κ3) is 4.16. The van der Waals surface area contributed by atoms with E-state index in [0.29, 0.717) is 17.2 Å². The van der Waals surface area contributed by atoms with Gasteiger partial charge in [-0.2, -0.15) is 0 Å². The number of likely N-dealkylation sites (tertiary alicyclic amines) is 1. The lowest BCUT2D eigenvalue weighted by atomic mass is 10.0. The number of aromatic nitrogens is 1. The van der Waals surface area contributed by atoms with Crippen LogP contribution in [0.1, 0.15) is 28.9 Å². The Hall–Kier alpha value is -2.57. The van der Waals surface area contributed by atoms with Crippen LogP contribution in [-0.2, 0) is 6.42 Å². The minimum atomic E-state index is -0.0208. The van der Waals surface area contributed by atoms with Crippen LogP contribution in [0.15, 0.2) is 47.8 Å². The summed E-state index contributed by atoms with van der Waals surface area (Å²) >= 11 is 7.79. The summed E-state index contributed by atoms with van der Waals surface area (Å²) in [7, 11) is 3.21.